The van der Waals surface area contributed by atoms with Crippen LogP contribution in [-0.4, -0.2) is 50.2 Å². The van der Waals surface area contributed by atoms with Crippen molar-refractivity contribution in [1.82, 2.24) is 10.2 Å². The van der Waals surface area contributed by atoms with Crippen LogP contribution in [0.5, 0.6) is 11.5 Å². The van der Waals surface area contributed by atoms with E-state index in [9.17, 15) is 4.79 Å². The average molecular weight is 278 g/mol. The molecule has 1 amide bonds. The van der Waals surface area contributed by atoms with E-state index in [4.69, 9.17) is 9.47 Å². The van der Waals surface area contributed by atoms with Crippen LogP contribution in [0.3, 0.4) is 0 Å². The lowest BCUT2D eigenvalue weighted by atomic mass is 10.1. The maximum Gasteiger partial charge on any atom is 0.257 e. The molecular formula is C15H22N2O3. The summed E-state index contributed by atoms with van der Waals surface area (Å²) >= 11 is 0. The Hall–Kier alpha value is -1.75. The van der Waals surface area contributed by atoms with E-state index in [1.54, 1.807) is 32.4 Å². The number of methoxy groups -OCH3 is 2. The average Bonchev–Trinajstić information content (AvgIpc) is 2.44. The fourth-order valence-corrected chi connectivity index (χ4v) is 2.64. The number of rotatable bonds is 3. The fourth-order valence-electron chi connectivity index (χ4n) is 2.64. The van der Waals surface area contributed by atoms with Crippen molar-refractivity contribution in [2.24, 2.45) is 0 Å². The molecule has 0 spiro atoms. The summed E-state index contributed by atoms with van der Waals surface area (Å²) in [7, 11) is 3.16. The normalized spacial score (nSPS) is 22.5. The second-order valence-corrected chi connectivity index (χ2v) is 5.25. The summed E-state index contributed by atoms with van der Waals surface area (Å²) in [6.45, 7) is 5.56. The first-order valence-electron chi connectivity index (χ1n) is 6.82. The third-order valence-electron chi connectivity index (χ3n) is 3.48. The van der Waals surface area contributed by atoms with Gasteiger partial charge in [-0.25, -0.2) is 0 Å². The van der Waals surface area contributed by atoms with Crippen LogP contribution in [-0.2, 0) is 0 Å². The molecule has 0 saturated carbocycles. The molecular weight excluding hydrogens is 256 g/mol. The van der Waals surface area contributed by atoms with Crippen molar-refractivity contribution in [1.29, 1.82) is 0 Å². The fraction of sp³-hybridized carbons (Fsp3) is 0.533. The highest BCUT2D eigenvalue weighted by Gasteiger charge is 2.27. The molecule has 2 atom stereocenters. The quantitative estimate of drug-likeness (QED) is 0.911. The van der Waals surface area contributed by atoms with Crippen LogP contribution >= 0.6 is 0 Å². The van der Waals surface area contributed by atoms with Gasteiger partial charge in [-0.15, -0.1) is 0 Å². The van der Waals surface area contributed by atoms with Crippen LogP contribution in [0.15, 0.2) is 18.2 Å². The summed E-state index contributed by atoms with van der Waals surface area (Å²) in [5.74, 6) is 1.22. The number of carbonyl (C=O) groups excluding carboxylic acids is 1. The molecule has 1 aromatic carbocycles. The first-order valence-corrected chi connectivity index (χ1v) is 6.82. The zero-order valence-corrected chi connectivity index (χ0v) is 12.5. The van der Waals surface area contributed by atoms with Gasteiger partial charge in [-0.1, -0.05) is 0 Å². The predicted molar refractivity (Wildman–Crippen MR) is 77.5 cm³/mol. The Kier molecular flexibility index (Phi) is 4.49. The van der Waals surface area contributed by atoms with Crippen molar-refractivity contribution in [2.75, 3.05) is 27.3 Å². The molecule has 20 heavy (non-hydrogen) atoms. The number of ether oxygens (including phenoxy) is 2. The van der Waals surface area contributed by atoms with Gasteiger partial charge < -0.3 is 19.7 Å². The second kappa shape index (κ2) is 6.13. The third kappa shape index (κ3) is 3.04. The van der Waals surface area contributed by atoms with E-state index in [-0.39, 0.29) is 5.91 Å². The molecule has 5 nitrogen and oxygen atoms in total. The lowest BCUT2D eigenvalue weighted by Gasteiger charge is -2.36. The molecule has 0 bridgehead atoms. The molecule has 0 aromatic heterocycles. The zero-order valence-electron chi connectivity index (χ0n) is 12.5. The molecule has 1 aliphatic rings. The number of hydrogen-bond donors (Lipinski definition) is 1. The Morgan fingerprint density at radius 3 is 2.40 bits per heavy atom. The van der Waals surface area contributed by atoms with Crippen molar-refractivity contribution in [2.45, 2.75) is 25.9 Å². The minimum Gasteiger partial charge on any atom is -0.497 e. The van der Waals surface area contributed by atoms with E-state index in [1.165, 1.54) is 0 Å². The lowest BCUT2D eigenvalue weighted by Crippen LogP contribution is -2.55. The van der Waals surface area contributed by atoms with Gasteiger partial charge in [0.25, 0.3) is 5.91 Å². The van der Waals surface area contributed by atoms with Gasteiger partial charge in [0.1, 0.15) is 11.5 Å². The van der Waals surface area contributed by atoms with E-state index in [1.807, 2.05) is 4.90 Å². The van der Waals surface area contributed by atoms with Crippen LogP contribution in [0.25, 0.3) is 0 Å². The summed E-state index contributed by atoms with van der Waals surface area (Å²) in [5, 5.41) is 3.42. The molecule has 2 unspecified atom stereocenters. The molecule has 0 aliphatic carbocycles. The largest absolute Gasteiger partial charge is 0.497 e. The highest BCUT2D eigenvalue weighted by Crippen LogP contribution is 2.25. The highest BCUT2D eigenvalue weighted by molar-refractivity contribution is 5.97. The van der Waals surface area contributed by atoms with Crippen LogP contribution in [0.1, 0.15) is 24.2 Å². The molecule has 1 heterocycles. The summed E-state index contributed by atoms with van der Waals surface area (Å²) in [6, 6.07) is 5.87. The number of hydrogen-bond acceptors (Lipinski definition) is 4. The lowest BCUT2D eigenvalue weighted by molar-refractivity contribution is 0.0670. The van der Waals surface area contributed by atoms with Gasteiger partial charge in [-0.3, -0.25) is 4.79 Å². The van der Waals surface area contributed by atoms with Gasteiger partial charge in [-0.2, -0.15) is 0 Å². The standard InChI is InChI=1S/C15H22N2O3/c1-10-8-17(9-11(2)16-10)15(18)13-7-12(19-3)5-6-14(13)20-4/h5-7,10-11,16H,8-9H2,1-4H3. The van der Waals surface area contributed by atoms with Crippen LogP contribution in [0.2, 0.25) is 0 Å². The maximum absolute atomic E-state index is 12.7. The molecule has 5 heteroatoms. The van der Waals surface area contributed by atoms with Gasteiger partial charge in [0.2, 0.25) is 0 Å². The van der Waals surface area contributed by atoms with Crippen molar-refractivity contribution in [3.63, 3.8) is 0 Å². The van der Waals surface area contributed by atoms with Gasteiger partial charge >= 0.3 is 0 Å². The van der Waals surface area contributed by atoms with Gasteiger partial charge in [-0.05, 0) is 32.0 Å². The monoisotopic (exact) mass is 278 g/mol. The van der Waals surface area contributed by atoms with Crippen molar-refractivity contribution >= 4 is 5.91 Å². The van der Waals surface area contributed by atoms with Crippen LogP contribution < -0.4 is 14.8 Å². The number of nitrogens with zero attached hydrogens (tertiary/aromatic N) is 1. The number of carbonyl (C=O) groups is 1. The first kappa shape index (κ1) is 14.7. The summed E-state index contributed by atoms with van der Waals surface area (Å²) < 4.78 is 10.5. The summed E-state index contributed by atoms with van der Waals surface area (Å²) in [5.41, 5.74) is 0.549. The molecule has 1 N–H and O–H groups in total. The van der Waals surface area contributed by atoms with E-state index in [2.05, 4.69) is 19.2 Å². The molecule has 110 valence electrons. The van der Waals surface area contributed by atoms with Gasteiger partial charge in [0.05, 0.1) is 19.8 Å². The van der Waals surface area contributed by atoms with Gasteiger partial charge in [0, 0.05) is 25.2 Å². The maximum atomic E-state index is 12.7. The number of nitrogens with one attached hydrogen (secondary N) is 1. The van der Waals surface area contributed by atoms with Crippen LogP contribution in [0, 0.1) is 0 Å². The van der Waals surface area contributed by atoms with E-state index >= 15 is 0 Å². The minimum absolute atomic E-state index is 0.0130. The van der Waals surface area contributed by atoms with E-state index in [0.29, 0.717) is 42.2 Å². The Balaban J connectivity index is 2.27. The topological polar surface area (TPSA) is 50.8 Å². The Morgan fingerprint density at radius 1 is 1.20 bits per heavy atom. The predicted octanol–water partition coefficient (Wildman–Crippen LogP) is 1.53. The summed E-state index contributed by atoms with van der Waals surface area (Å²) in [4.78, 5) is 14.6. The molecule has 1 aromatic rings. The summed E-state index contributed by atoms with van der Waals surface area (Å²) in [6.07, 6.45) is 0. The van der Waals surface area contributed by atoms with Crippen LogP contribution in [0.4, 0.5) is 0 Å². The number of amides is 1. The van der Waals surface area contributed by atoms with Gasteiger partial charge in [0.15, 0.2) is 0 Å². The molecule has 1 saturated heterocycles. The SMILES string of the molecule is COc1ccc(OC)c(C(=O)N2CC(C)NC(C)C2)c1. The molecule has 2 rings (SSSR count). The zero-order chi connectivity index (χ0) is 14.7. The number of benzene rings is 1. The Labute approximate surface area is 119 Å². The van der Waals surface area contributed by atoms with E-state index in [0.717, 1.165) is 0 Å². The second-order valence-electron chi connectivity index (χ2n) is 5.25. The molecule has 0 radical (unpaired) electrons. The molecule has 1 aliphatic heterocycles. The van der Waals surface area contributed by atoms with Crippen molar-refractivity contribution < 1.29 is 14.3 Å². The molecule has 1 fully saturated rings. The minimum atomic E-state index is -0.0130. The number of piperazine rings is 1. The van der Waals surface area contributed by atoms with Crippen molar-refractivity contribution in [3.05, 3.63) is 23.8 Å². The van der Waals surface area contributed by atoms with Crippen molar-refractivity contribution in [3.8, 4) is 11.5 Å². The first-order chi connectivity index (χ1) is 9.55. The third-order valence-corrected chi connectivity index (χ3v) is 3.48. The Bertz CT molecular complexity index is 480. The smallest absolute Gasteiger partial charge is 0.257 e. The van der Waals surface area contributed by atoms with E-state index < -0.39 is 0 Å². The Morgan fingerprint density at radius 2 is 1.85 bits per heavy atom. The highest BCUT2D eigenvalue weighted by atomic mass is 16.5.